The molecule has 1 unspecified atom stereocenters. The maximum absolute atomic E-state index is 12.8. The van der Waals surface area contributed by atoms with Crippen molar-refractivity contribution in [3.05, 3.63) is 58.0 Å². The lowest BCUT2D eigenvalue weighted by atomic mass is 10.00. The first-order valence-corrected chi connectivity index (χ1v) is 8.47. The molecule has 1 atom stereocenters. The van der Waals surface area contributed by atoms with Gasteiger partial charge in [-0.25, -0.2) is 9.18 Å². The first kappa shape index (κ1) is 17.4. The molecule has 1 aromatic heterocycles. The van der Waals surface area contributed by atoms with E-state index in [1.807, 2.05) is 11.4 Å². The van der Waals surface area contributed by atoms with Gasteiger partial charge in [0.25, 0.3) is 0 Å². The van der Waals surface area contributed by atoms with Crippen molar-refractivity contribution in [3.8, 4) is 0 Å². The zero-order valence-corrected chi connectivity index (χ0v) is 13.6. The number of halogens is 1. The van der Waals surface area contributed by atoms with Gasteiger partial charge in [-0.05, 0) is 47.9 Å². The monoisotopic (exact) mass is 336 g/mol. The Bertz CT molecular complexity index is 587. The van der Waals surface area contributed by atoms with E-state index < -0.39 is 0 Å². The molecular weight excluding hydrogens is 315 g/mol. The normalized spacial score (nSPS) is 11.9. The molecule has 0 bridgehead atoms. The van der Waals surface area contributed by atoms with Crippen LogP contribution in [0, 0.1) is 5.82 Å². The summed E-state index contributed by atoms with van der Waals surface area (Å²) in [6, 6.07) is 9.83. The third-order valence-electron chi connectivity index (χ3n) is 3.57. The van der Waals surface area contributed by atoms with Crippen molar-refractivity contribution in [2.45, 2.75) is 25.3 Å². The number of thiophene rings is 1. The quantitative estimate of drug-likeness (QED) is 0.693. The van der Waals surface area contributed by atoms with E-state index in [0.29, 0.717) is 19.5 Å². The predicted molar refractivity (Wildman–Crippen MR) is 90.0 cm³/mol. The Morgan fingerprint density at radius 2 is 1.96 bits per heavy atom. The number of rotatable bonds is 8. The average molecular weight is 336 g/mol. The molecule has 0 spiro atoms. The molecular formula is C17H21FN2O2S. The summed E-state index contributed by atoms with van der Waals surface area (Å²) in [5.74, 6) is -0.0286. The average Bonchev–Trinajstić information content (AvgIpc) is 3.08. The second-order valence-electron chi connectivity index (χ2n) is 5.25. The van der Waals surface area contributed by atoms with E-state index in [1.54, 1.807) is 23.5 Å². The molecule has 2 amide bonds. The van der Waals surface area contributed by atoms with E-state index in [4.69, 9.17) is 5.11 Å². The van der Waals surface area contributed by atoms with Crippen LogP contribution in [0.3, 0.4) is 0 Å². The van der Waals surface area contributed by atoms with Crippen LogP contribution in [0.4, 0.5) is 9.18 Å². The first-order valence-electron chi connectivity index (χ1n) is 7.59. The van der Waals surface area contributed by atoms with E-state index in [1.165, 1.54) is 17.0 Å². The minimum Gasteiger partial charge on any atom is -0.396 e. The molecule has 0 aliphatic heterocycles. The molecule has 124 valence electrons. The van der Waals surface area contributed by atoms with Gasteiger partial charge in [0.1, 0.15) is 5.82 Å². The molecule has 4 nitrogen and oxygen atoms in total. The van der Waals surface area contributed by atoms with Crippen LogP contribution >= 0.6 is 11.3 Å². The molecule has 2 rings (SSSR count). The SMILES string of the molecule is O=C(NCCC(CCO)c1cccs1)NCc1ccc(F)cc1. The smallest absolute Gasteiger partial charge is 0.315 e. The third kappa shape index (κ3) is 6.00. The van der Waals surface area contributed by atoms with Crippen molar-refractivity contribution in [2.24, 2.45) is 0 Å². The van der Waals surface area contributed by atoms with Crippen LogP contribution < -0.4 is 10.6 Å². The summed E-state index contributed by atoms with van der Waals surface area (Å²) < 4.78 is 12.8. The van der Waals surface area contributed by atoms with E-state index in [2.05, 4.69) is 16.7 Å². The van der Waals surface area contributed by atoms with Crippen LogP contribution in [0.1, 0.15) is 29.2 Å². The Kier molecular flexibility index (Phi) is 7.03. The van der Waals surface area contributed by atoms with Crippen LogP contribution in [0.25, 0.3) is 0 Å². The number of amides is 2. The van der Waals surface area contributed by atoms with Crippen molar-refractivity contribution >= 4 is 17.4 Å². The second-order valence-corrected chi connectivity index (χ2v) is 6.23. The molecule has 0 fully saturated rings. The summed E-state index contributed by atoms with van der Waals surface area (Å²) >= 11 is 1.67. The van der Waals surface area contributed by atoms with Gasteiger partial charge in [-0.3, -0.25) is 0 Å². The Balaban J connectivity index is 1.70. The number of hydrogen-bond acceptors (Lipinski definition) is 3. The van der Waals surface area contributed by atoms with Crippen LogP contribution in [-0.2, 0) is 6.54 Å². The number of hydrogen-bond donors (Lipinski definition) is 3. The molecule has 23 heavy (non-hydrogen) atoms. The number of aliphatic hydroxyl groups is 1. The lowest BCUT2D eigenvalue weighted by Crippen LogP contribution is -2.36. The Labute approximate surface area is 139 Å². The van der Waals surface area contributed by atoms with Crippen molar-refractivity contribution in [2.75, 3.05) is 13.2 Å². The predicted octanol–water partition coefficient (Wildman–Crippen LogP) is 3.24. The van der Waals surface area contributed by atoms with Crippen molar-refractivity contribution in [1.82, 2.24) is 10.6 Å². The number of nitrogens with one attached hydrogen (secondary N) is 2. The lowest BCUT2D eigenvalue weighted by Gasteiger charge is -2.15. The molecule has 6 heteroatoms. The Morgan fingerprint density at radius 3 is 2.61 bits per heavy atom. The maximum Gasteiger partial charge on any atom is 0.315 e. The van der Waals surface area contributed by atoms with Crippen molar-refractivity contribution in [1.29, 1.82) is 0 Å². The molecule has 0 saturated carbocycles. The van der Waals surface area contributed by atoms with Crippen LogP contribution in [0.2, 0.25) is 0 Å². The van der Waals surface area contributed by atoms with Gasteiger partial charge in [-0.1, -0.05) is 18.2 Å². The highest BCUT2D eigenvalue weighted by Crippen LogP contribution is 2.26. The Hall–Kier alpha value is -1.92. The molecule has 1 heterocycles. The number of benzene rings is 1. The van der Waals surface area contributed by atoms with Gasteiger partial charge in [-0.15, -0.1) is 11.3 Å². The fourth-order valence-electron chi connectivity index (χ4n) is 2.32. The maximum atomic E-state index is 12.8. The van der Waals surface area contributed by atoms with E-state index >= 15 is 0 Å². The summed E-state index contributed by atoms with van der Waals surface area (Å²) in [7, 11) is 0. The van der Waals surface area contributed by atoms with Crippen molar-refractivity contribution in [3.63, 3.8) is 0 Å². The van der Waals surface area contributed by atoms with Gasteiger partial charge < -0.3 is 15.7 Å². The summed E-state index contributed by atoms with van der Waals surface area (Å²) in [5, 5.41) is 16.7. The fourth-order valence-corrected chi connectivity index (χ4v) is 3.21. The zero-order valence-electron chi connectivity index (χ0n) is 12.8. The number of urea groups is 1. The highest BCUT2D eigenvalue weighted by molar-refractivity contribution is 7.10. The van der Waals surface area contributed by atoms with Crippen LogP contribution in [-0.4, -0.2) is 24.3 Å². The number of carbonyl (C=O) groups is 1. The molecule has 0 saturated heterocycles. The summed E-state index contributed by atoms with van der Waals surface area (Å²) in [6.07, 6.45) is 1.48. The molecule has 0 aliphatic carbocycles. The summed E-state index contributed by atoms with van der Waals surface area (Å²) in [4.78, 5) is 13.0. The van der Waals surface area contributed by atoms with Gasteiger partial charge in [0.15, 0.2) is 0 Å². The van der Waals surface area contributed by atoms with Crippen molar-refractivity contribution < 1.29 is 14.3 Å². The minimum absolute atomic E-state index is 0.138. The fraction of sp³-hybridized carbons (Fsp3) is 0.353. The molecule has 0 aliphatic rings. The third-order valence-corrected chi connectivity index (χ3v) is 4.60. The Morgan fingerprint density at radius 1 is 1.17 bits per heavy atom. The first-order chi connectivity index (χ1) is 11.2. The highest BCUT2D eigenvalue weighted by atomic mass is 32.1. The van der Waals surface area contributed by atoms with Crippen LogP contribution in [0.5, 0.6) is 0 Å². The topological polar surface area (TPSA) is 61.4 Å². The second kappa shape index (κ2) is 9.27. The largest absolute Gasteiger partial charge is 0.396 e. The highest BCUT2D eigenvalue weighted by Gasteiger charge is 2.12. The summed E-state index contributed by atoms with van der Waals surface area (Å²) in [5.41, 5.74) is 0.846. The zero-order chi connectivity index (χ0) is 16.5. The van der Waals surface area contributed by atoms with Gasteiger partial charge in [0.05, 0.1) is 0 Å². The van der Waals surface area contributed by atoms with E-state index in [0.717, 1.165) is 12.0 Å². The summed E-state index contributed by atoms with van der Waals surface area (Å²) in [6.45, 7) is 1.04. The number of carbonyl (C=O) groups excluding carboxylic acids is 1. The molecule has 1 aromatic carbocycles. The number of aliphatic hydroxyl groups excluding tert-OH is 1. The van der Waals surface area contributed by atoms with E-state index in [-0.39, 0.29) is 24.4 Å². The standard InChI is InChI=1S/C17H21FN2O2S/c18-15-5-3-13(4-6-15)12-20-17(22)19-9-7-14(8-10-21)16-2-1-11-23-16/h1-6,11,14,21H,7-10,12H2,(H2,19,20,22). The van der Waals surface area contributed by atoms with Crippen LogP contribution in [0.15, 0.2) is 41.8 Å². The molecule has 0 radical (unpaired) electrons. The minimum atomic E-state index is -0.290. The van der Waals surface area contributed by atoms with Gasteiger partial charge in [-0.2, -0.15) is 0 Å². The lowest BCUT2D eigenvalue weighted by molar-refractivity contribution is 0.239. The van der Waals surface area contributed by atoms with Gasteiger partial charge in [0, 0.05) is 24.6 Å². The van der Waals surface area contributed by atoms with Gasteiger partial charge >= 0.3 is 6.03 Å². The molecule has 2 aromatic rings. The molecule has 3 N–H and O–H groups in total. The van der Waals surface area contributed by atoms with Gasteiger partial charge in [0.2, 0.25) is 0 Å². The van der Waals surface area contributed by atoms with E-state index in [9.17, 15) is 9.18 Å².